The lowest BCUT2D eigenvalue weighted by Gasteiger charge is -2.42. The van der Waals surface area contributed by atoms with Crippen LogP contribution in [0.3, 0.4) is 0 Å². The first-order chi connectivity index (χ1) is 16.1. The first-order valence-electron chi connectivity index (χ1n) is 11.5. The summed E-state index contributed by atoms with van der Waals surface area (Å²) in [5.41, 5.74) is 0.534. The Morgan fingerprint density at radius 3 is 1.70 bits per heavy atom. The Hall–Kier alpha value is -3.24. The van der Waals surface area contributed by atoms with Crippen molar-refractivity contribution in [2.75, 3.05) is 0 Å². The van der Waals surface area contributed by atoms with Crippen LogP contribution in [0.1, 0.15) is 45.8 Å². The first-order valence-corrected chi connectivity index (χ1v) is 11.5. The van der Waals surface area contributed by atoms with Crippen LogP contribution in [0.5, 0.6) is 0 Å². The van der Waals surface area contributed by atoms with Gasteiger partial charge in [0.25, 0.3) is 0 Å². The summed E-state index contributed by atoms with van der Waals surface area (Å²) in [5.74, 6) is -1.40. The van der Waals surface area contributed by atoms with Crippen LogP contribution in [0.15, 0.2) is 115 Å². The van der Waals surface area contributed by atoms with Gasteiger partial charge in [0.2, 0.25) is 0 Å². The molecule has 33 heavy (non-hydrogen) atoms. The van der Waals surface area contributed by atoms with Gasteiger partial charge < -0.3 is 15.3 Å². The van der Waals surface area contributed by atoms with Crippen LogP contribution in [0.2, 0.25) is 0 Å². The third-order valence-electron chi connectivity index (χ3n) is 7.85. The van der Waals surface area contributed by atoms with Crippen molar-refractivity contribution in [1.29, 1.82) is 0 Å². The third kappa shape index (κ3) is 2.61. The van der Waals surface area contributed by atoms with Gasteiger partial charge in [-0.15, -0.1) is 0 Å². The Balaban J connectivity index is 1.72. The molecule has 1 saturated carbocycles. The molecule has 0 aliphatic heterocycles. The summed E-state index contributed by atoms with van der Waals surface area (Å²) < 4.78 is 0. The molecule has 2 aliphatic carbocycles. The van der Waals surface area contributed by atoms with Gasteiger partial charge >= 0.3 is 0 Å². The smallest absolute Gasteiger partial charge is 0.130 e. The SMILES string of the molecule is O[C@@H]1c2ccccc2[C@]2(O)[C@@H]1[C@H](c1ccccc1)[C@@H](c1ccccc1)[C@]2(O)c1ccccc1. The lowest BCUT2D eigenvalue weighted by atomic mass is 9.69. The van der Waals surface area contributed by atoms with E-state index in [4.69, 9.17) is 0 Å². The van der Waals surface area contributed by atoms with Crippen molar-refractivity contribution in [3.05, 3.63) is 143 Å². The van der Waals surface area contributed by atoms with E-state index in [2.05, 4.69) is 0 Å². The van der Waals surface area contributed by atoms with Gasteiger partial charge in [-0.3, -0.25) is 0 Å². The van der Waals surface area contributed by atoms with Crippen LogP contribution in [0.4, 0.5) is 0 Å². The van der Waals surface area contributed by atoms with Gasteiger partial charge in [-0.25, -0.2) is 0 Å². The molecule has 0 amide bonds. The third-order valence-corrected chi connectivity index (χ3v) is 7.85. The van der Waals surface area contributed by atoms with E-state index < -0.39 is 29.1 Å². The monoisotopic (exact) mass is 434 g/mol. The Bertz CT molecular complexity index is 1270. The standard InChI is InChI=1S/C30H26O3/c31-28-23-18-10-11-19-24(23)30(33)27(28)25(20-12-4-1-5-13-20)26(21-14-6-2-7-15-21)29(30,32)22-16-8-3-9-17-22/h1-19,25-28,31-33H/t25-,26-,27-,28-,29-,30+/m1/s1. The topological polar surface area (TPSA) is 60.7 Å². The Morgan fingerprint density at radius 2 is 1.06 bits per heavy atom. The number of hydrogen-bond acceptors (Lipinski definition) is 3. The minimum atomic E-state index is -1.68. The number of aliphatic hydroxyl groups is 3. The molecule has 0 unspecified atom stereocenters. The summed E-state index contributed by atoms with van der Waals surface area (Å²) >= 11 is 0. The van der Waals surface area contributed by atoms with Crippen LogP contribution in [0, 0.1) is 5.92 Å². The average Bonchev–Trinajstić information content (AvgIpc) is 3.24. The molecule has 1 fully saturated rings. The highest BCUT2D eigenvalue weighted by Gasteiger charge is 2.74. The molecule has 0 radical (unpaired) electrons. The van der Waals surface area contributed by atoms with Gasteiger partial charge in [0.1, 0.15) is 11.2 Å². The maximum Gasteiger partial charge on any atom is 0.130 e. The van der Waals surface area contributed by atoms with Crippen molar-refractivity contribution in [2.45, 2.75) is 29.1 Å². The quantitative estimate of drug-likeness (QED) is 0.425. The van der Waals surface area contributed by atoms with E-state index in [0.29, 0.717) is 16.7 Å². The van der Waals surface area contributed by atoms with E-state index in [0.717, 1.165) is 11.1 Å². The Morgan fingerprint density at radius 1 is 0.545 bits per heavy atom. The second-order valence-corrected chi connectivity index (χ2v) is 9.28. The highest BCUT2D eigenvalue weighted by Crippen LogP contribution is 2.73. The van der Waals surface area contributed by atoms with Crippen molar-refractivity contribution in [3.8, 4) is 0 Å². The number of rotatable bonds is 3. The summed E-state index contributed by atoms with van der Waals surface area (Å²) in [5, 5.41) is 37.1. The van der Waals surface area contributed by atoms with E-state index in [9.17, 15) is 15.3 Å². The maximum absolute atomic E-state index is 12.8. The molecule has 2 aliphatic rings. The number of benzene rings is 4. The molecule has 3 N–H and O–H groups in total. The summed E-state index contributed by atoms with van der Waals surface area (Å²) in [7, 11) is 0. The van der Waals surface area contributed by atoms with Crippen LogP contribution in [-0.2, 0) is 11.2 Å². The van der Waals surface area contributed by atoms with Crippen LogP contribution >= 0.6 is 0 Å². The molecular formula is C30H26O3. The Kier molecular flexibility index (Phi) is 4.56. The molecule has 0 saturated heterocycles. The molecule has 0 spiro atoms. The summed E-state index contributed by atoms with van der Waals surface area (Å²) in [6.45, 7) is 0. The van der Waals surface area contributed by atoms with E-state index in [1.807, 2.05) is 115 Å². The van der Waals surface area contributed by atoms with Gasteiger partial charge in [0.15, 0.2) is 0 Å². The lowest BCUT2D eigenvalue weighted by Crippen LogP contribution is -2.49. The van der Waals surface area contributed by atoms with Crippen molar-refractivity contribution < 1.29 is 15.3 Å². The number of hydrogen-bond donors (Lipinski definition) is 3. The van der Waals surface area contributed by atoms with Gasteiger partial charge in [0.05, 0.1) is 6.10 Å². The zero-order valence-electron chi connectivity index (χ0n) is 18.1. The lowest BCUT2D eigenvalue weighted by molar-refractivity contribution is -0.174. The number of aliphatic hydroxyl groups excluding tert-OH is 1. The van der Waals surface area contributed by atoms with Gasteiger partial charge in [-0.05, 0) is 27.8 Å². The largest absolute Gasteiger partial charge is 0.388 e. The highest BCUT2D eigenvalue weighted by atomic mass is 16.4. The van der Waals surface area contributed by atoms with Crippen molar-refractivity contribution in [2.24, 2.45) is 5.92 Å². The minimum Gasteiger partial charge on any atom is -0.388 e. The fourth-order valence-electron chi connectivity index (χ4n) is 6.60. The first kappa shape index (κ1) is 20.4. The fraction of sp³-hybridized carbons (Fsp3) is 0.200. The summed E-state index contributed by atoms with van der Waals surface area (Å²) in [4.78, 5) is 0. The molecule has 0 bridgehead atoms. The molecule has 0 aromatic heterocycles. The molecule has 3 nitrogen and oxygen atoms in total. The second-order valence-electron chi connectivity index (χ2n) is 9.28. The molecule has 3 heteroatoms. The highest BCUT2D eigenvalue weighted by molar-refractivity contribution is 5.54. The Labute approximate surface area is 193 Å². The van der Waals surface area contributed by atoms with Crippen molar-refractivity contribution >= 4 is 0 Å². The van der Waals surface area contributed by atoms with Gasteiger partial charge in [0, 0.05) is 17.8 Å². The molecule has 0 heterocycles. The molecule has 4 aromatic rings. The molecule has 4 aromatic carbocycles. The predicted molar refractivity (Wildman–Crippen MR) is 127 cm³/mol. The van der Waals surface area contributed by atoms with Crippen LogP contribution < -0.4 is 0 Å². The molecule has 6 atom stereocenters. The van der Waals surface area contributed by atoms with E-state index >= 15 is 0 Å². The maximum atomic E-state index is 12.8. The molecule has 164 valence electrons. The molecule has 6 rings (SSSR count). The summed E-state index contributed by atoms with van der Waals surface area (Å²) in [6, 6.07) is 36.8. The minimum absolute atomic E-state index is 0.314. The van der Waals surface area contributed by atoms with Gasteiger partial charge in [-0.2, -0.15) is 0 Å². The van der Waals surface area contributed by atoms with E-state index in [1.54, 1.807) is 0 Å². The van der Waals surface area contributed by atoms with Crippen LogP contribution in [0.25, 0.3) is 0 Å². The van der Waals surface area contributed by atoms with Gasteiger partial charge in [-0.1, -0.05) is 115 Å². The van der Waals surface area contributed by atoms with Crippen LogP contribution in [-0.4, -0.2) is 15.3 Å². The average molecular weight is 435 g/mol. The zero-order chi connectivity index (χ0) is 22.6. The molecular weight excluding hydrogens is 408 g/mol. The summed E-state index contributed by atoms with van der Waals surface area (Å²) in [6.07, 6.45) is -0.902. The van der Waals surface area contributed by atoms with Crippen molar-refractivity contribution in [1.82, 2.24) is 0 Å². The van der Waals surface area contributed by atoms with E-state index in [1.165, 1.54) is 0 Å². The normalized spacial score (nSPS) is 32.3. The van der Waals surface area contributed by atoms with Crippen molar-refractivity contribution in [3.63, 3.8) is 0 Å². The number of fused-ring (bicyclic) bond motifs is 3. The zero-order valence-corrected chi connectivity index (χ0v) is 18.1. The fourth-order valence-corrected chi connectivity index (χ4v) is 6.60. The predicted octanol–water partition coefficient (Wildman–Crippen LogP) is 5.01. The van der Waals surface area contributed by atoms with E-state index in [-0.39, 0.29) is 5.92 Å². The second kappa shape index (κ2) is 7.39.